The number of hydrogen-bond acceptors (Lipinski definition) is 4. The van der Waals surface area contributed by atoms with Gasteiger partial charge in [-0.2, -0.15) is 26.3 Å². The molecule has 0 spiro atoms. The van der Waals surface area contributed by atoms with E-state index in [1.54, 1.807) is 20.8 Å². The van der Waals surface area contributed by atoms with Gasteiger partial charge in [-0.05, 0) is 23.6 Å². The van der Waals surface area contributed by atoms with E-state index in [-0.39, 0.29) is 12.0 Å². The Morgan fingerprint density at radius 3 is 1.76 bits per heavy atom. The summed E-state index contributed by atoms with van der Waals surface area (Å²) < 4.78 is 82.3. The second-order valence-corrected chi connectivity index (χ2v) is 6.51. The average molecular weight is 368 g/mol. The number of benzene rings is 1. The second kappa shape index (κ2) is 6.01. The SMILES string of the molecule is CC(C)(C)[C@H](O)c1nnc(-c2cc(C(F)(F)F)cc(C(F)(F)F)c2)o1. The van der Waals surface area contributed by atoms with Gasteiger partial charge in [0.25, 0.3) is 0 Å². The Labute approximate surface area is 138 Å². The number of aromatic nitrogens is 2. The van der Waals surface area contributed by atoms with Gasteiger partial charge in [0.2, 0.25) is 11.8 Å². The van der Waals surface area contributed by atoms with Gasteiger partial charge in [0.05, 0.1) is 11.1 Å². The van der Waals surface area contributed by atoms with Crippen LogP contribution in [0.5, 0.6) is 0 Å². The van der Waals surface area contributed by atoms with Crippen LogP contribution in [0.3, 0.4) is 0 Å². The lowest BCUT2D eigenvalue weighted by molar-refractivity contribution is -0.143. The number of hydrogen-bond donors (Lipinski definition) is 1. The Kier molecular flexibility index (Phi) is 4.62. The first-order valence-electron chi connectivity index (χ1n) is 7.01. The third kappa shape index (κ3) is 4.30. The van der Waals surface area contributed by atoms with Crippen LogP contribution >= 0.6 is 0 Å². The molecule has 0 bridgehead atoms. The third-order valence-electron chi connectivity index (χ3n) is 3.33. The second-order valence-electron chi connectivity index (χ2n) is 6.51. The van der Waals surface area contributed by atoms with Crippen LogP contribution in [0.15, 0.2) is 22.6 Å². The monoisotopic (exact) mass is 368 g/mol. The smallest absolute Gasteiger partial charge is 0.416 e. The number of alkyl halides is 6. The van der Waals surface area contributed by atoms with Gasteiger partial charge in [-0.25, -0.2) is 0 Å². The van der Waals surface area contributed by atoms with Crippen molar-refractivity contribution in [1.29, 1.82) is 0 Å². The first-order chi connectivity index (χ1) is 11.2. The van der Waals surface area contributed by atoms with E-state index in [2.05, 4.69) is 10.2 Å². The molecule has 0 saturated carbocycles. The third-order valence-corrected chi connectivity index (χ3v) is 3.33. The van der Waals surface area contributed by atoms with Crippen molar-refractivity contribution >= 4 is 0 Å². The molecule has 0 saturated heterocycles. The fraction of sp³-hybridized carbons (Fsp3) is 0.467. The van der Waals surface area contributed by atoms with Gasteiger partial charge < -0.3 is 9.52 Å². The summed E-state index contributed by atoms with van der Waals surface area (Å²) in [5, 5.41) is 17.0. The maximum atomic E-state index is 12.9. The Morgan fingerprint density at radius 2 is 1.36 bits per heavy atom. The van der Waals surface area contributed by atoms with Crippen LogP contribution in [-0.4, -0.2) is 15.3 Å². The predicted molar refractivity (Wildman–Crippen MR) is 74.2 cm³/mol. The maximum absolute atomic E-state index is 12.9. The van der Waals surface area contributed by atoms with E-state index in [0.717, 1.165) is 0 Å². The molecule has 1 atom stereocenters. The number of rotatable bonds is 2. The fourth-order valence-electron chi connectivity index (χ4n) is 1.91. The molecular weight excluding hydrogens is 354 g/mol. The van der Waals surface area contributed by atoms with Gasteiger partial charge >= 0.3 is 12.4 Å². The highest BCUT2D eigenvalue weighted by Gasteiger charge is 2.37. The molecule has 138 valence electrons. The maximum Gasteiger partial charge on any atom is 0.416 e. The largest absolute Gasteiger partial charge is 0.418 e. The summed E-state index contributed by atoms with van der Waals surface area (Å²) in [6.07, 6.45) is -11.2. The van der Waals surface area contributed by atoms with Crippen LogP contribution in [-0.2, 0) is 12.4 Å². The van der Waals surface area contributed by atoms with E-state index < -0.39 is 46.5 Å². The van der Waals surface area contributed by atoms with Gasteiger partial charge in [0.15, 0.2) is 0 Å². The van der Waals surface area contributed by atoms with Crippen molar-refractivity contribution in [3.63, 3.8) is 0 Å². The standard InChI is InChI=1S/C15H14F6N2O2/c1-13(2,3)10(24)12-23-22-11(25-12)7-4-8(14(16,17)18)6-9(5-7)15(19,20)21/h4-6,10,24H,1-3H3/t10-/m1/s1. The fourth-order valence-corrected chi connectivity index (χ4v) is 1.91. The molecular formula is C15H14F6N2O2. The molecule has 1 aromatic heterocycles. The first kappa shape index (κ1) is 19.2. The number of halogens is 6. The normalized spacial score (nSPS) is 14.6. The molecule has 1 N–H and O–H groups in total. The molecule has 0 amide bonds. The number of aliphatic hydroxyl groups excluding tert-OH is 1. The van der Waals surface area contributed by atoms with Crippen molar-refractivity contribution in [3.05, 3.63) is 35.2 Å². The summed E-state index contributed by atoms with van der Waals surface area (Å²) in [5.41, 5.74) is -4.24. The lowest BCUT2D eigenvalue weighted by atomic mass is 9.89. The molecule has 0 unspecified atom stereocenters. The van der Waals surface area contributed by atoms with Gasteiger partial charge in [0.1, 0.15) is 6.10 Å². The highest BCUT2D eigenvalue weighted by molar-refractivity contribution is 5.56. The zero-order chi connectivity index (χ0) is 19.2. The first-order valence-corrected chi connectivity index (χ1v) is 7.01. The van der Waals surface area contributed by atoms with Crippen molar-refractivity contribution in [2.24, 2.45) is 5.41 Å². The molecule has 4 nitrogen and oxygen atoms in total. The number of nitrogens with zero attached hydrogens (tertiary/aromatic N) is 2. The zero-order valence-electron chi connectivity index (χ0n) is 13.3. The van der Waals surface area contributed by atoms with E-state index in [0.29, 0.717) is 12.1 Å². The van der Waals surface area contributed by atoms with Crippen molar-refractivity contribution in [2.75, 3.05) is 0 Å². The number of aliphatic hydroxyl groups is 1. The van der Waals surface area contributed by atoms with Crippen LogP contribution in [0, 0.1) is 5.41 Å². The Bertz CT molecular complexity index is 726. The van der Waals surface area contributed by atoms with Gasteiger partial charge in [-0.1, -0.05) is 20.8 Å². The zero-order valence-corrected chi connectivity index (χ0v) is 13.3. The highest BCUT2D eigenvalue weighted by atomic mass is 19.4. The van der Waals surface area contributed by atoms with Crippen LogP contribution < -0.4 is 0 Å². The molecule has 1 aromatic carbocycles. The Hall–Kier alpha value is -2.10. The highest BCUT2D eigenvalue weighted by Crippen LogP contribution is 2.39. The van der Waals surface area contributed by atoms with Crippen molar-refractivity contribution in [1.82, 2.24) is 10.2 Å². The van der Waals surface area contributed by atoms with E-state index in [1.807, 2.05) is 0 Å². The molecule has 0 aliphatic carbocycles. The van der Waals surface area contributed by atoms with Crippen LogP contribution in [0.25, 0.3) is 11.5 Å². The molecule has 0 fully saturated rings. The molecule has 1 heterocycles. The van der Waals surface area contributed by atoms with E-state index in [9.17, 15) is 31.4 Å². The van der Waals surface area contributed by atoms with E-state index in [1.165, 1.54) is 0 Å². The van der Waals surface area contributed by atoms with Crippen LogP contribution in [0.1, 0.15) is 43.9 Å². The molecule has 10 heteroatoms. The lowest BCUT2D eigenvalue weighted by Gasteiger charge is -2.22. The van der Waals surface area contributed by atoms with E-state index in [4.69, 9.17) is 4.42 Å². The summed E-state index contributed by atoms with van der Waals surface area (Å²) in [5.74, 6) is -0.844. The Balaban J connectivity index is 2.54. The molecule has 25 heavy (non-hydrogen) atoms. The predicted octanol–water partition coefficient (Wildman–Crippen LogP) is 4.85. The minimum atomic E-state index is -4.98. The van der Waals surface area contributed by atoms with Crippen LogP contribution in [0.4, 0.5) is 26.3 Å². The summed E-state index contributed by atoms with van der Waals surface area (Å²) in [4.78, 5) is 0. The minimum absolute atomic E-state index is 0.00474. The Morgan fingerprint density at radius 1 is 0.880 bits per heavy atom. The van der Waals surface area contributed by atoms with Gasteiger partial charge in [-0.3, -0.25) is 0 Å². The molecule has 0 radical (unpaired) electrons. The van der Waals surface area contributed by atoms with Gasteiger partial charge in [0, 0.05) is 5.56 Å². The summed E-state index contributed by atoms with van der Waals surface area (Å²) in [7, 11) is 0. The topological polar surface area (TPSA) is 59.2 Å². The van der Waals surface area contributed by atoms with Crippen molar-refractivity contribution in [2.45, 2.75) is 39.2 Å². The van der Waals surface area contributed by atoms with Crippen LogP contribution in [0.2, 0.25) is 0 Å². The minimum Gasteiger partial charge on any atom is -0.418 e. The molecule has 2 aromatic rings. The summed E-state index contributed by atoms with van der Waals surface area (Å²) in [6, 6.07) is 0.969. The van der Waals surface area contributed by atoms with Crippen molar-refractivity contribution in [3.8, 4) is 11.5 Å². The summed E-state index contributed by atoms with van der Waals surface area (Å²) >= 11 is 0. The molecule has 0 aliphatic heterocycles. The molecule has 0 aliphatic rings. The van der Waals surface area contributed by atoms with Gasteiger partial charge in [-0.15, -0.1) is 10.2 Å². The summed E-state index contributed by atoms with van der Waals surface area (Å²) in [6.45, 7) is 4.94. The average Bonchev–Trinajstić information content (AvgIpc) is 2.92. The van der Waals surface area contributed by atoms with E-state index >= 15 is 0 Å². The lowest BCUT2D eigenvalue weighted by Crippen LogP contribution is -2.18. The molecule has 2 rings (SSSR count). The quantitative estimate of drug-likeness (QED) is 0.770. The van der Waals surface area contributed by atoms with Crippen molar-refractivity contribution < 1.29 is 35.9 Å².